The van der Waals surface area contributed by atoms with E-state index in [9.17, 15) is 8.42 Å². The lowest BCUT2D eigenvalue weighted by atomic mass is 10.2. The summed E-state index contributed by atoms with van der Waals surface area (Å²) in [5.74, 6) is 0. The summed E-state index contributed by atoms with van der Waals surface area (Å²) < 4.78 is 22.4. The molecular formula is C13H16N4O2S. The molecule has 0 amide bonds. The molecule has 0 aliphatic carbocycles. The number of sulfonamides is 1. The molecule has 2 aromatic rings. The second-order valence-corrected chi connectivity index (χ2v) is 5.98. The minimum atomic E-state index is -3.74. The minimum Gasteiger partial charge on any atom is -0.397 e. The second-order valence-electron chi connectivity index (χ2n) is 4.41. The van der Waals surface area contributed by atoms with Crippen LogP contribution >= 0.6 is 0 Å². The van der Waals surface area contributed by atoms with Gasteiger partial charge in [-0.3, -0.25) is 4.98 Å². The van der Waals surface area contributed by atoms with Gasteiger partial charge in [0.25, 0.3) is 0 Å². The Hall–Kier alpha value is -2.12. The van der Waals surface area contributed by atoms with Gasteiger partial charge in [-0.2, -0.15) is 0 Å². The molecule has 1 heterocycles. The van der Waals surface area contributed by atoms with Crippen LogP contribution in [0.1, 0.15) is 11.3 Å². The molecule has 0 fully saturated rings. The van der Waals surface area contributed by atoms with Gasteiger partial charge in [-0.1, -0.05) is 6.07 Å². The largest absolute Gasteiger partial charge is 0.397 e. The number of rotatable bonds is 4. The lowest BCUT2D eigenvalue weighted by molar-refractivity contribution is 0.598. The number of hydrogen-bond acceptors (Lipinski definition) is 5. The zero-order valence-corrected chi connectivity index (χ0v) is 11.8. The molecular weight excluding hydrogens is 276 g/mol. The molecule has 0 aliphatic heterocycles. The first kappa shape index (κ1) is 14.3. The molecule has 6 nitrogen and oxygen atoms in total. The number of nitrogens with one attached hydrogen (secondary N) is 1. The van der Waals surface area contributed by atoms with E-state index in [0.717, 1.165) is 11.3 Å². The third-order valence-electron chi connectivity index (χ3n) is 2.92. The van der Waals surface area contributed by atoms with Crippen LogP contribution in [0.3, 0.4) is 0 Å². The SMILES string of the molecule is Cc1cccnc1CNc1ccc(S(N)(=O)=O)cc1N. The van der Waals surface area contributed by atoms with Crippen LogP contribution in [0.25, 0.3) is 0 Å². The van der Waals surface area contributed by atoms with Gasteiger partial charge in [-0.25, -0.2) is 13.6 Å². The number of benzene rings is 1. The zero-order valence-electron chi connectivity index (χ0n) is 11.0. The van der Waals surface area contributed by atoms with Crippen LogP contribution in [-0.2, 0) is 16.6 Å². The fourth-order valence-electron chi connectivity index (χ4n) is 1.76. The van der Waals surface area contributed by atoms with Crippen LogP contribution in [0.2, 0.25) is 0 Å². The normalized spacial score (nSPS) is 11.3. The number of nitrogens with two attached hydrogens (primary N) is 2. The van der Waals surface area contributed by atoms with Crippen molar-refractivity contribution in [2.45, 2.75) is 18.4 Å². The Kier molecular flexibility index (Phi) is 3.91. The van der Waals surface area contributed by atoms with Crippen molar-refractivity contribution in [3.63, 3.8) is 0 Å². The highest BCUT2D eigenvalue weighted by Crippen LogP contribution is 2.22. The van der Waals surface area contributed by atoms with Crippen molar-refractivity contribution in [2.75, 3.05) is 11.1 Å². The van der Waals surface area contributed by atoms with Crippen molar-refractivity contribution in [1.29, 1.82) is 0 Å². The molecule has 0 atom stereocenters. The Morgan fingerprint density at radius 1 is 1.30 bits per heavy atom. The predicted octanol–water partition coefficient (Wildman–Crippen LogP) is 1.23. The molecule has 7 heteroatoms. The summed E-state index contributed by atoms with van der Waals surface area (Å²) in [7, 11) is -3.74. The molecule has 1 aromatic carbocycles. The third-order valence-corrected chi connectivity index (χ3v) is 3.83. The van der Waals surface area contributed by atoms with E-state index in [1.165, 1.54) is 12.1 Å². The van der Waals surface area contributed by atoms with Crippen LogP contribution in [0.5, 0.6) is 0 Å². The highest BCUT2D eigenvalue weighted by atomic mass is 32.2. The van der Waals surface area contributed by atoms with Crippen LogP contribution in [-0.4, -0.2) is 13.4 Å². The van der Waals surface area contributed by atoms with Gasteiger partial charge in [0, 0.05) is 6.20 Å². The van der Waals surface area contributed by atoms with Crippen molar-refractivity contribution < 1.29 is 8.42 Å². The fraction of sp³-hybridized carbons (Fsp3) is 0.154. The van der Waals surface area contributed by atoms with Crippen molar-refractivity contribution in [3.05, 3.63) is 47.8 Å². The van der Waals surface area contributed by atoms with Gasteiger partial charge in [-0.15, -0.1) is 0 Å². The lowest BCUT2D eigenvalue weighted by Crippen LogP contribution is -2.13. The molecule has 5 N–H and O–H groups in total. The van der Waals surface area contributed by atoms with Gasteiger partial charge < -0.3 is 11.1 Å². The summed E-state index contributed by atoms with van der Waals surface area (Å²) in [4.78, 5) is 4.26. The van der Waals surface area contributed by atoms with Crippen molar-refractivity contribution in [3.8, 4) is 0 Å². The summed E-state index contributed by atoms with van der Waals surface area (Å²) in [5, 5.41) is 8.17. The molecule has 0 bridgehead atoms. The maximum Gasteiger partial charge on any atom is 0.238 e. The molecule has 1 aromatic heterocycles. The predicted molar refractivity (Wildman–Crippen MR) is 78.5 cm³/mol. The standard InChI is InChI=1S/C13H16N4O2S/c1-9-3-2-6-16-13(9)8-17-12-5-4-10(7-11(12)14)20(15,18)19/h2-7,17H,8,14H2,1H3,(H2,15,18,19). The molecule has 0 aliphatic rings. The van der Waals surface area contributed by atoms with E-state index in [-0.39, 0.29) is 4.90 Å². The first-order chi connectivity index (χ1) is 9.38. The van der Waals surface area contributed by atoms with Crippen molar-refractivity contribution in [1.82, 2.24) is 4.98 Å². The number of aryl methyl sites for hydroxylation is 1. The van der Waals surface area contributed by atoms with Gasteiger partial charge in [-0.05, 0) is 36.8 Å². The van der Waals surface area contributed by atoms with E-state index in [4.69, 9.17) is 10.9 Å². The number of primary sulfonamides is 1. The average Bonchev–Trinajstić information content (AvgIpc) is 2.38. The number of hydrogen-bond donors (Lipinski definition) is 3. The zero-order chi connectivity index (χ0) is 14.8. The summed E-state index contributed by atoms with van der Waals surface area (Å²) in [6, 6.07) is 8.18. The molecule has 0 saturated heterocycles. The van der Waals surface area contributed by atoms with E-state index in [1.54, 1.807) is 12.3 Å². The monoisotopic (exact) mass is 292 g/mol. The quantitative estimate of drug-likeness (QED) is 0.734. The smallest absolute Gasteiger partial charge is 0.238 e. The van der Waals surface area contributed by atoms with Crippen LogP contribution in [0, 0.1) is 6.92 Å². The van der Waals surface area contributed by atoms with E-state index < -0.39 is 10.0 Å². The number of nitrogens with zero attached hydrogens (tertiary/aromatic N) is 1. The van der Waals surface area contributed by atoms with Crippen molar-refractivity contribution in [2.24, 2.45) is 5.14 Å². The molecule has 20 heavy (non-hydrogen) atoms. The average molecular weight is 292 g/mol. The number of nitrogen functional groups attached to an aromatic ring is 1. The Balaban J connectivity index is 2.17. The molecule has 106 valence electrons. The van der Waals surface area contributed by atoms with Gasteiger partial charge in [0.05, 0.1) is 28.5 Å². The molecule has 0 unspecified atom stereocenters. The highest BCUT2D eigenvalue weighted by molar-refractivity contribution is 7.89. The Morgan fingerprint density at radius 2 is 2.05 bits per heavy atom. The van der Waals surface area contributed by atoms with E-state index in [2.05, 4.69) is 10.3 Å². The number of anilines is 2. The Morgan fingerprint density at radius 3 is 2.65 bits per heavy atom. The second kappa shape index (κ2) is 5.48. The Labute approximate surface area is 117 Å². The molecule has 0 saturated carbocycles. The molecule has 0 spiro atoms. The van der Waals surface area contributed by atoms with E-state index >= 15 is 0 Å². The van der Waals surface area contributed by atoms with Gasteiger partial charge in [0.2, 0.25) is 10.0 Å². The van der Waals surface area contributed by atoms with E-state index in [1.807, 2.05) is 19.1 Å². The summed E-state index contributed by atoms with van der Waals surface area (Å²) >= 11 is 0. The first-order valence-electron chi connectivity index (χ1n) is 5.94. The van der Waals surface area contributed by atoms with Crippen molar-refractivity contribution >= 4 is 21.4 Å². The fourth-order valence-corrected chi connectivity index (χ4v) is 2.31. The topological polar surface area (TPSA) is 111 Å². The third kappa shape index (κ3) is 3.25. The molecule has 0 radical (unpaired) electrons. The van der Waals surface area contributed by atoms with E-state index in [0.29, 0.717) is 17.9 Å². The first-order valence-corrected chi connectivity index (χ1v) is 7.49. The Bertz CT molecular complexity index is 729. The maximum absolute atomic E-state index is 11.2. The maximum atomic E-state index is 11.2. The van der Waals surface area contributed by atoms with Crippen LogP contribution in [0.4, 0.5) is 11.4 Å². The number of aromatic nitrogens is 1. The number of pyridine rings is 1. The summed E-state index contributed by atoms with van der Waals surface area (Å²) in [5.41, 5.74) is 8.76. The minimum absolute atomic E-state index is 0.00503. The lowest BCUT2D eigenvalue weighted by Gasteiger charge is -2.11. The van der Waals surface area contributed by atoms with Gasteiger partial charge >= 0.3 is 0 Å². The highest BCUT2D eigenvalue weighted by Gasteiger charge is 2.10. The van der Waals surface area contributed by atoms with Gasteiger partial charge in [0.15, 0.2) is 0 Å². The molecule has 2 rings (SSSR count). The van der Waals surface area contributed by atoms with Gasteiger partial charge in [0.1, 0.15) is 0 Å². The summed E-state index contributed by atoms with van der Waals surface area (Å²) in [6.07, 6.45) is 1.72. The van der Waals surface area contributed by atoms with Crippen LogP contribution < -0.4 is 16.2 Å². The summed E-state index contributed by atoms with van der Waals surface area (Å²) in [6.45, 7) is 2.48. The van der Waals surface area contributed by atoms with Crippen LogP contribution in [0.15, 0.2) is 41.4 Å².